The molecule has 21 heavy (non-hydrogen) atoms. The molecule has 1 aromatic heterocycles. The number of ether oxygens (including phenoxy) is 1. The van der Waals surface area contributed by atoms with Gasteiger partial charge in [-0.15, -0.1) is 0 Å². The maximum atomic E-state index is 12.7. The molecule has 0 unspecified atom stereocenters. The number of rotatable bonds is 4. The van der Waals surface area contributed by atoms with Crippen LogP contribution in [0.15, 0.2) is 35.1 Å². The van der Waals surface area contributed by atoms with Gasteiger partial charge in [0.25, 0.3) is 5.56 Å². The molecule has 4 nitrogen and oxygen atoms in total. The van der Waals surface area contributed by atoms with Crippen LogP contribution >= 0.6 is 0 Å². The molecule has 1 aliphatic carbocycles. The van der Waals surface area contributed by atoms with E-state index >= 15 is 0 Å². The minimum atomic E-state index is 0.0535. The molecule has 1 heterocycles. The molecule has 0 aliphatic heterocycles. The van der Waals surface area contributed by atoms with Crippen LogP contribution in [0.3, 0.4) is 0 Å². The van der Waals surface area contributed by atoms with Crippen molar-refractivity contribution < 1.29 is 4.74 Å². The van der Waals surface area contributed by atoms with Gasteiger partial charge >= 0.3 is 0 Å². The maximum Gasteiger partial charge on any atom is 0.256 e. The first-order chi connectivity index (χ1) is 10.2. The number of nitrogens with zero attached hydrogens (tertiary/aromatic N) is 1. The van der Waals surface area contributed by atoms with Crippen molar-refractivity contribution in [3.05, 3.63) is 51.8 Å². The summed E-state index contributed by atoms with van der Waals surface area (Å²) in [7, 11) is 1.65. The molecule has 1 aliphatic rings. The van der Waals surface area contributed by atoms with Gasteiger partial charge in [-0.25, -0.2) is 0 Å². The molecule has 110 valence electrons. The molecule has 3 rings (SSSR count). The highest BCUT2D eigenvalue weighted by atomic mass is 16.5. The second-order valence-electron chi connectivity index (χ2n) is 5.53. The van der Waals surface area contributed by atoms with Crippen molar-refractivity contribution in [2.75, 3.05) is 7.11 Å². The van der Waals surface area contributed by atoms with E-state index in [1.165, 1.54) is 0 Å². The molecular formula is C17H20N2O2. The second-order valence-corrected chi connectivity index (χ2v) is 5.53. The highest BCUT2D eigenvalue weighted by Gasteiger charge is 2.28. The Hall–Kier alpha value is -2.07. The Morgan fingerprint density at radius 3 is 2.71 bits per heavy atom. The van der Waals surface area contributed by atoms with Gasteiger partial charge in [0.2, 0.25) is 0 Å². The van der Waals surface area contributed by atoms with Crippen molar-refractivity contribution in [3.63, 3.8) is 0 Å². The SMILES string of the molecule is COc1cccc(-c2cc(C)c(CN)c(=O)n2C2CC2)c1. The first-order valence-corrected chi connectivity index (χ1v) is 7.25. The number of hydrogen-bond acceptors (Lipinski definition) is 3. The van der Waals surface area contributed by atoms with Gasteiger partial charge in [-0.1, -0.05) is 12.1 Å². The summed E-state index contributed by atoms with van der Waals surface area (Å²) in [5.74, 6) is 0.794. The summed E-state index contributed by atoms with van der Waals surface area (Å²) in [4.78, 5) is 12.7. The number of benzene rings is 1. The van der Waals surface area contributed by atoms with Crippen molar-refractivity contribution in [1.82, 2.24) is 4.57 Å². The lowest BCUT2D eigenvalue weighted by Gasteiger charge is -2.16. The van der Waals surface area contributed by atoms with E-state index in [1.54, 1.807) is 7.11 Å². The fraction of sp³-hybridized carbons (Fsp3) is 0.353. The van der Waals surface area contributed by atoms with E-state index in [2.05, 4.69) is 6.07 Å². The summed E-state index contributed by atoms with van der Waals surface area (Å²) in [6, 6.07) is 10.2. The van der Waals surface area contributed by atoms with Crippen molar-refractivity contribution >= 4 is 0 Å². The lowest BCUT2D eigenvalue weighted by atomic mass is 10.0. The van der Waals surface area contributed by atoms with Crippen molar-refractivity contribution in [1.29, 1.82) is 0 Å². The largest absolute Gasteiger partial charge is 0.497 e. The van der Waals surface area contributed by atoms with Gasteiger partial charge in [-0.05, 0) is 43.5 Å². The summed E-state index contributed by atoms with van der Waals surface area (Å²) < 4.78 is 7.20. The summed E-state index contributed by atoms with van der Waals surface area (Å²) in [6.07, 6.45) is 2.12. The van der Waals surface area contributed by atoms with E-state index in [-0.39, 0.29) is 12.1 Å². The maximum absolute atomic E-state index is 12.7. The Morgan fingerprint density at radius 1 is 1.33 bits per heavy atom. The molecule has 0 atom stereocenters. The van der Waals surface area contributed by atoms with Crippen molar-refractivity contribution in [2.45, 2.75) is 32.4 Å². The third-order valence-corrected chi connectivity index (χ3v) is 4.05. The highest BCUT2D eigenvalue weighted by Crippen LogP contribution is 2.38. The minimum Gasteiger partial charge on any atom is -0.497 e. The Morgan fingerprint density at radius 2 is 2.10 bits per heavy atom. The molecule has 0 spiro atoms. The summed E-state index contributed by atoms with van der Waals surface area (Å²) in [6.45, 7) is 2.24. The molecular weight excluding hydrogens is 264 g/mol. The lowest BCUT2D eigenvalue weighted by Crippen LogP contribution is -2.27. The van der Waals surface area contributed by atoms with E-state index in [4.69, 9.17) is 10.5 Å². The van der Waals surface area contributed by atoms with Gasteiger partial charge in [0.1, 0.15) is 5.75 Å². The molecule has 2 N–H and O–H groups in total. The van der Waals surface area contributed by atoms with E-state index in [0.717, 1.165) is 35.4 Å². The number of methoxy groups -OCH3 is 1. The van der Waals surface area contributed by atoms with Crippen LogP contribution in [0.5, 0.6) is 5.75 Å². The molecule has 0 saturated heterocycles. The van der Waals surface area contributed by atoms with Gasteiger partial charge in [0.15, 0.2) is 0 Å². The Balaban J connectivity index is 2.24. The van der Waals surface area contributed by atoms with E-state index in [1.807, 2.05) is 35.8 Å². The summed E-state index contributed by atoms with van der Waals surface area (Å²) in [5, 5.41) is 0. The minimum absolute atomic E-state index is 0.0535. The predicted octanol–water partition coefficient (Wildman–Crippen LogP) is 2.63. The average molecular weight is 284 g/mol. The zero-order chi connectivity index (χ0) is 15.0. The monoisotopic (exact) mass is 284 g/mol. The first kappa shape index (κ1) is 13.9. The van der Waals surface area contributed by atoms with Crippen LogP contribution in [-0.4, -0.2) is 11.7 Å². The standard InChI is InChI=1S/C17H20N2O2/c1-11-8-16(12-4-3-5-14(9-12)21-2)19(13-6-7-13)17(20)15(11)10-18/h3-5,8-9,13H,6-7,10,18H2,1-2H3. The molecule has 2 aromatic rings. The quantitative estimate of drug-likeness (QED) is 0.939. The molecule has 1 aromatic carbocycles. The third-order valence-electron chi connectivity index (χ3n) is 4.05. The van der Waals surface area contributed by atoms with Crippen LogP contribution in [0, 0.1) is 6.92 Å². The summed E-state index contributed by atoms with van der Waals surface area (Å²) >= 11 is 0. The predicted molar refractivity (Wildman–Crippen MR) is 83.6 cm³/mol. The van der Waals surface area contributed by atoms with Crippen LogP contribution < -0.4 is 16.0 Å². The number of nitrogens with two attached hydrogens (primary N) is 1. The number of aryl methyl sites for hydroxylation is 1. The number of pyridine rings is 1. The van der Waals surface area contributed by atoms with Crippen LogP contribution in [0.1, 0.15) is 30.0 Å². The number of hydrogen-bond donors (Lipinski definition) is 1. The fourth-order valence-corrected chi connectivity index (χ4v) is 2.73. The molecule has 0 amide bonds. The topological polar surface area (TPSA) is 57.2 Å². The van der Waals surface area contributed by atoms with E-state index in [9.17, 15) is 4.79 Å². The second kappa shape index (κ2) is 5.37. The normalized spacial score (nSPS) is 14.2. The fourth-order valence-electron chi connectivity index (χ4n) is 2.73. The molecule has 1 saturated carbocycles. The first-order valence-electron chi connectivity index (χ1n) is 7.25. The zero-order valence-electron chi connectivity index (χ0n) is 12.4. The third kappa shape index (κ3) is 2.47. The van der Waals surface area contributed by atoms with Gasteiger partial charge < -0.3 is 15.0 Å². The zero-order valence-corrected chi connectivity index (χ0v) is 12.4. The Kier molecular flexibility index (Phi) is 3.55. The smallest absolute Gasteiger partial charge is 0.256 e. The van der Waals surface area contributed by atoms with Crippen LogP contribution in [0.2, 0.25) is 0 Å². The molecule has 0 radical (unpaired) electrons. The van der Waals surface area contributed by atoms with E-state index in [0.29, 0.717) is 11.6 Å². The highest BCUT2D eigenvalue weighted by molar-refractivity contribution is 5.63. The van der Waals surface area contributed by atoms with Gasteiger partial charge in [-0.3, -0.25) is 4.79 Å². The molecule has 1 fully saturated rings. The average Bonchev–Trinajstić information content (AvgIpc) is 3.31. The lowest BCUT2D eigenvalue weighted by molar-refractivity contribution is 0.415. The molecule has 4 heteroatoms. The van der Waals surface area contributed by atoms with Crippen LogP contribution in [0.25, 0.3) is 11.3 Å². The van der Waals surface area contributed by atoms with Gasteiger partial charge in [0.05, 0.1) is 12.8 Å². The van der Waals surface area contributed by atoms with Gasteiger partial charge in [-0.2, -0.15) is 0 Å². The van der Waals surface area contributed by atoms with Crippen molar-refractivity contribution in [3.8, 4) is 17.0 Å². The Bertz CT molecular complexity index is 730. The van der Waals surface area contributed by atoms with Crippen LogP contribution in [-0.2, 0) is 6.54 Å². The van der Waals surface area contributed by atoms with Crippen molar-refractivity contribution in [2.24, 2.45) is 5.73 Å². The molecule has 0 bridgehead atoms. The van der Waals surface area contributed by atoms with E-state index < -0.39 is 0 Å². The number of aromatic nitrogens is 1. The van der Waals surface area contributed by atoms with Gasteiger partial charge in [0, 0.05) is 23.7 Å². The summed E-state index contributed by atoms with van der Waals surface area (Å²) in [5.41, 5.74) is 9.43. The van der Waals surface area contributed by atoms with Crippen LogP contribution in [0.4, 0.5) is 0 Å². The Labute approximate surface area is 124 Å².